The summed E-state index contributed by atoms with van der Waals surface area (Å²) < 4.78 is 0. The summed E-state index contributed by atoms with van der Waals surface area (Å²) in [7, 11) is 0. The molecule has 22 heavy (non-hydrogen) atoms. The van der Waals surface area contributed by atoms with Crippen molar-refractivity contribution in [3.05, 3.63) is 65.2 Å². The average molecular weight is 314 g/mol. The predicted octanol–water partition coefficient (Wildman–Crippen LogP) is 4.16. The molecule has 0 fully saturated rings. The van der Waals surface area contributed by atoms with Gasteiger partial charge in [0, 0.05) is 10.7 Å². The molecule has 0 aliphatic heterocycles. The molecule has 0 aliphatic rings. The number of hydrogen-bond acceptors (Lipinski definition) is 3. The van der Waals surface area contributed by atoms with E-state index in [4.69, 9.17) is 11.6 Å². The Labute approximate surface area is 131 Å². The Bertz CT molecular complexity index is 860. The van der Waals surface area contributed by atoms with Gasteiger partial charge in [-0.25, -0.2) is 0 Å². The summed E-state index contributed by atoms with van der Waals surface area (Å²) in [5.41, 5.74) is 0.706. The molecule has 0 saturated heterocycles. The van der Waals surface area contributed by atoms with Crippen molar-refractivity contribution in [1.82, 2.24) is 0 Å². The second kappa shape index (κ2) is 5.58. The third kappa shape index (κ3) is 2.82. The van der Waals surface area contributed by atoms with E-state index in [2.05, 4.69) is 5.32 Å². The van der Waals surface area contributed by atoms with Gasteiger partial charge in [-0.2, -0.15) is 0 Å². The van der Waals surface area contributed by atoms with Gasteiger partial charge in [-0.1, -0.05) is 17.7 Å². The topological polar surface area (TPSA) is 69.6 Å². The highest BCUT2D eigenvalue weighted by Crippen LogP contribution is 2.28. The molecule has 0 bridgehead atoms. The highest BCUT2D eigenvalue weighted by Gasteiger charge is 2.13. The van der Waals surface area contributed by atoms with Crippen molar-refractivity contribution in [3.63, 3.8) is 0 Å². The number of benzene rings is 3. The summed E-state index contributed by atoms with van der Waals surface area (Å²) >= 11 is 5.79. The van der Waals surface area contributed by atoms with E-state index in [1.165, 1.54) is 24.3 Å². The van der Waals surface area contributed by atoms with Crippen LogP contribution in [0.4, 0.5) is 5.69 Å². The SMILES string of the molecule is O=C(Nc1ccc(Cl)cc1)c1cc2cc(O)ccc2cc1O. The van der Waals surface area contributed by atoms with Crippen LogP contribution in [-0.4, -0.2) is 16.1 Å². The van der Waals surface area contributed by atoms with Crippen LogP contribution in [0.3, 0.4) is 0 Å². The Morgan fingerprint density at radius 2 is 1.64 bits per heavy atom. The van der Waals surface area contributed by atoms with Gasteiger partial charge in [0.2, 0.25) is 0 Å². The molecule has 3 rings (SSSR count). The van der Waals surface area contributed by atoms with Gasteiger partial charge in [0.05, 0.1) is 5.56 Å². The zero-order valence-electron chi connectivity index (χ0n) is 11.4. The third-order valence-electron chi connectivity index (χ3n) is 3.29. The van der Waals surface area contributed by atoms with Crippen molar-refractivity contribution in [3.8, 4) is 11.5 Å². The predicted molar refractivity (Wildman–Crippen MR) is 86.7 cm³/mol. The van der Waals surface area contributed by atoms with Crippen molar-refractivity contribution in [1.29, 1.82) is 0 Å². The number of phenolic OH excluding ortho intramolecular Hbond substituents is 2. The molecule has 3 N–H and O–H groups in total. The molecular formula is C17H12ClNO3. The highest BCUT2D eigenvalue weighted by atomic mass is 35.5. The van der Waals surface area contributed by atoms with Gasteiger partial charge in [0.25, 0.3) is 5.91 Å². The molecule has 4 nitrogen and oxygen atoms in total. The first kappa shape index (κ1) is 14.2. The number of nitrogens with one attached hydrogen (secondary N) is 1. The van der Waals surface area contributed by atoms with Crippen LogP contribution in [0.2, 0.25) is 5.02 Å². The second-order valence-corrected chi connectivity index (χ2v) is 5.30. The number of carbonyl (C=O) groups excluding carboxylic acids is 1. The van der Waals surface area contributed by atoms with Gasteiger partial charge < -0.3 is 15.5 Å². The molecule has 1 amide bonds. The fraction of sp³-hybridized carbons (Fsp3) is 0. The Kier molecular flexibility index (Phi) is 3.61. The molecule has 0 radical (unpaired) electrons. The number of anilines is 1. The van der Waals surface area contributed by atoms with Crippen LogP contribution in [0.5, 0.6) is 11.5 Å². The van der Waals surface area contributed by atoms with Crippen LogP contribution in [-0.2, 0) is 0 Å². The summed E-state index contributed by atoms with van der Waals surface area (Å²) in [6, 6.07) is 14.4. The monoisotopic (exact) mass is 313 g/mol. The zero-order chi connectivity index (χ0) is 15.7. The molecule has 0 saturated carbocycles. The summed E-state index contributed by atoms with van der Waals surface area (Å²) in [6.45, 7) is 0. The van der Waals surface area contributed by atoms with Crippen LogP contribution >= 0.6 is 11.6 Å². The maximum absolute atomic E-state index is 12.3. The van der Waals surface area contributed by atoms with E-state index in [0.717, 1.165) is 5.39 Å². The smallest absolute Gasteiger partial charge is 0.259 e. The molecule has 0 spiro atoms. The van der Waals surface area contributed by atoms with E-state index in [9.17, 15) is 15.0 Å². The van der Waals surface area contributed by atoms with Gasteiger partial charge in [0.1, 0.15) is 11.5 Å². The molecule has 0 aliphatic carbocycles. The van der Waals surface area contributed by atoms with E-state index in [1.54, 1.807) is 30.3 Å². The Hall–Kier alpha value is -2.72. The second-order valence-electron chi connectivity index (χ2n) is 4.86. The van der Waals surface area contributed by atoms with Gasteiger partial charge in [-0.3, -0.25) is 4.79 Å². The van der Waals surface area contributed by atoms with E-state index in [0.29, 0.717) is 16.1 Å². The Balaban J connectivity index is 1.96. The molecular weight excluding hydrogens is 302 g/mol. The Morgan fingerprint density at radius 1 is 0.909 bits per heavy atom. The van der Waals surface area contributed by atoms with Gasteiger partial charge in [-0.05, 0) is 59.3 Å². The summed E-state index contributed by atoms with van der Waals surface area (Å²) in [6.07, 6.45) is 0. The Morgan fingerprint density at radius 3 is 2.36 bits per heavy atom. The average Bonchev–Trinajstić information content (AvgIpc) is 2.49. The molecule has 3 aromatic rings. The van der Waals surface area contributed by atoms with Crippen LogP contribution in [0.15, 0.2) is 54.6 Å². The lowest BCUT2D eigenvalue weighted by Gasteiger charge is -2.09. The van der Waals surface area contributed by atoms with Gasteiger partial charge in [0.15, 0.2) is 0 Å². The lowest BCUT2D eigenvalue weighted by Crippen LogP contribution is -2.12. The number of amides is 1. The molecule has 0 atom stereocenters. The maximum atomic E-state index is 12.3. The minimum atomic E-state index is -0.440. The van der Waals surface area contributed by atoms with Crippen molar-refractivity contribution < 1.29 is 15.0 Å². The number of phenols is 2. The lowest BCUT2D eigenvalue weighted by atomic mass is 10.0. The molecule has 0 aromatic heterocycles. The van der Waals surface area contributed by atoms with Crippen molar-refractivity contribution in [2.45, 2.75) is 0 Å². The summed E-state index contributed by atoms with van der Waals surface area (Å²) in [5.74, 6) is -0.461. The molecule has 110 valence electrons. The number of rotatable bonds is 2. The van der Waals surface area contributed by atoms with Crippen LogP contribution in [0.25, 0.3) is 10.8 Å². The van der Waals surface area contributed by atoms with Crippen LogP contribution in [0, 0.1) is 0 Å². The number of aromatic hydroxyl groups is 2. The largest absolute Gasteiger partial charge is 0.508 e. The molecule has 0 heterocycles. The van der Waals surface area contributed by atoms with Crippen LogP contribution < -0.4 is 5.32 Å². The van der Waals surface area contributed by atoms with E-state index in [-0.39, 0.29) is 17.1 Å². The molecule has 0 unspecified atom stereocenters. The van der Waals surface area contributed by atoms with Crippen molar-refractivity contribution >= 4 is 34.0 Å². The van der Waals surface area contributed by atoms with E-state index in [1.807, 2.05) is 0 Å². The van der Waals surface area contributed by atoms with E-state index >= 15 is 0 Å². The third-order valence-corrected chi connectivity index (χ3v) is 3.54. The maximum Gasteiger partial charge on any atom is 0.259 e. The minimum absolute atomic E-state index is 0.0993. The number of fused-ring (bicyclic) bond motifs is 1. The van der Waals surface area contributed by atoms with Crippen molar-refractivity contribution in [2.24, 2.45) is 0 Å². The van der Waals surface area contributed by atoms with Gasteiger partial charge in [-0.15, -0.1) is 0 Å². The van der Waals surface area contributed by atoms with Crippen LogP contribution in [0.1, 0.15) is 10.4 Å². The zero-order valence-corrected chi connectivity index (χ0v) is 12.1. The fourth-order valence-electron chi connectivity index (χ4n) is 2.19. The quantitative estimate of drug-likeness (QED) is 0.665. The fourth-order valence-corrected chi connectivity index (χ4v) is 2.31. The minimum Gasteiger partial charge on any atom is -0.508 e. The summed E-state index contributed by atoms with van der Waals surface area (Å²) in [4.78, 5) is 12.3. The first-order valence-electron chi connectivity index (χ1n) is 6.55. The summed E-state index contributed by atoms with van der Waals surface area (Å²) in [5, 5.41) is 24.2. The first-order chi connectivity index (χ1) is 10.5. The van der Waals surface area contributed by atoms with E-state index < -0.39 is 5.91 Å². The standard InChI is InChI=1S/C17H12ClNO3/c18-12-2-4-13(5-3-12)19-17(22)15-8-11-7-14(20)6-1-10(11)9-16(15)21/h1-9,20-21H,(H,19,22). The lowest BCUT2D eigenvalue weighted by molar-refractivity contribution is 0.102. The highest BCUT2D eigenvalue weighted by molar-refractivity contribution is 6.30. The number of carbonyl (C=O) groups is 1. The molecule has 5 heteroatoms. The number of halogens is 1. The number of hydrogen-bond donors (Lipinski definition) is 3. The normalized spacial score (nSPS) is 10.6. The van der Waals surface area contributed by atoms with Crippen molar-refractivity contribution in [2.75, 3.05) is 5.32 Å². The first-order valence-corrected chi connectivity index (χ1v) is 6.93. The molecule has 3 aromatic carbocycles. The van der Waals surface area contributed by atoms with Gasteiger partial charge >= 0.3 is 0 Å².